The zero-order valence-electron chi connectivity index (χ0n) is 18.6. The number of carbonyl (C=O) groups excluding carboxylic acids is 1. The van der Waals surface area contributed by atoms with Gasteiger partial charge in [-0.25, -0.2) is 0 Å². The minimum Gasteiger partial charge on any atom is -0.495 e. The Balaban J connectivity index is 1.57. The molecule has 0 fully saturated rings. The predicted molar refractivity (Wildman–Crippen MR) is 131 cm³/mol. The first kappa shape index (κ1) is 22.6. The number of halogens is 1. The van der Waals surface area contributed by atoms with Crippen molar-refractivity contribution in [2.75, 3.05) is 19.0 Å². The number of rotatable bonds is 9. The van der Waals surface area contributed by atoms with Crippen LogP contribution in [0.5, 0.6) is 5.75 Å². The average molecular weight is 464 g/mol. The molecule has 0 radical (unpaired) electrons. The number of hydrogen-bond donors (Lipinski definition) is 2. The number of anilines is 1. The van der Waals surface area contributed by atoms with Crippen LogP contribution in [-0.4, -0.2) is 34.3 Å². The number of hydrogen-bond acceptors (Lipinski definition) is 5. The molecule has 0 aliphatic heterocycles. The highest BCUT2D eigenvalue weighted by atomic mass is 35.5. The summed E-state index contributed by atoms with van der Waals surface area (Å²) < 4.78 is 7.15. The van der Waals surface area contributed by atoms with Crippen LogP contribution in [-0.2, 0) is 19.5 Å². The van der Waals surface area contributed by atoms with E-state index in [2.05, 4.69) is 20.7 Å². The van der Waals surface area contributed by atoms with E-state index in [-0.39, 0.29) is 5.91 Å². The SMILES string of the molecule is CCn1ncc2c(NCc3ccc(OC)c(Cl)c3)c(C(=O)NCCc3ccncc3)ccc21. The van der Waals surface area contributed by atoms with Gasteiger partial charge in [0, 0.05) is 37.4 Å². The second-order valence-electron chi connectivity index (χ2n) is 7.57. The van der Waals surface area contributed by atoms with Gasteiger partial charge in [-0.3, -0.25) is 14.5 Å². The molecule has 4 aromatic rings. The summed E-state index contributed by atoms with van der Waals surface area (Å²) in [7, 11) is 1.59. The number of carbonyl (C=O) groups is 1. The molecule has 4 rings (SSSR count). The molecule has 0 atom stereocenters. The fourth-order valence-corrected chi connectivity index (χ4v) is 4.04. The van der Waals surface area contributed by atoms with Crippen LogP contribution >= 0.6 is 11.6 Å². The smallest absolute Gasteiger partial charge is 0.253 e. The minimum absolute atomic E-state index is 0.134. The van der Waals surface area contributed by atoms with E-state index in [9.17, 15) is 4.79 Å². The van der Waals surface area contributed by atoms with E-state index < -0.39 is 0 Å². The maximum absolute atomic E-state index is 13.1. The molecule has 2 N–H and O–H groups in total. The number of nitrogens with one attached hydrogen (secondary N) is 2. The third-order valence-corrected chi connectivity index (χ3v) is 5.80. The molecule has 170 valence electrons. The van der Waals surface area contributed by atoms with Crippen LogP contribution in [0, 0.1) is 0 Å². The van der Waals surface area contributed by atoms with Crippen LogP contribution in [0.4, 0.5) is 5.69 Å². The van der Waals surface area contributed by atoms with Crippen LogP contribution in [0.2, 0.25) is 5.02 Å². The molecule has 2 heterocycles. The van der Waals surface area contributed by atoms with E-state index in [1.165, 1.54) is 0 Å². The Morgan fingerprint density at radius 1 is 1.12 bits per heavy atom. The summed E-state index contributed by atoms with van der Waals surface area (Å²) >= 11 is 6.28. The first-order chi connectivity index (χ1) is 16.1. The average Bonchev–Trinajstić information content (AvgIpc) is 3.26. The fraction of sp³-hybridized carbons (Fsp3) is 0.240. The summed E-state index contributed by atoms with van der Waals surface area (Å²) in [4.78, 5) is 17.1. The highest BCUT2D eigenvalue weighted by molar-refractivity contribution is 6.32. The van der Waals surface area contributed by atoms with Gasteiger partial charge < -0.3 is 15.4 Å². The lowest BCUT2D eigenvalue weighted by Crippen LogP contribution is -2.26. The number of amides is 1. The zero-order valence-corrected chi connectivity index (χ0v) is 19.4. The van der Waals surface area contributed by atoms with Crippen LogP contribution < -0.4 is 15.4 Å². The van der Waals surface area contributed by atoms with Gasteiger partial charge in [0.1, 0.15) is 5.75 Å². The monoisotopic (exact) mass is 463 g/mol. The van der Waals surface area contributed by atoms with E-state index in [1.54, 1.807) is 25.7 Å². The van der Waals surface area contributed by atoms with Crippen molar-refractivity contribution in [3.8, 4) is 5.75 Å². The normalized spacial score (nSPS) is 10.9. The Kier molecular flexibility index (Phi) is 7.10. The summed E-state index contributed by atoms with van der Waals surface area (Å²) in [5, 5.41) is 12.4. The van der Waals surface area contributed by atoms with Gasteiger partial charge in [0.05, 0.1) is 35.1 Å². The molecular formula is C25H26ClN5O2. The third-order valence-electron chi connectivity index (χ3n) is 5.51. The molecule has 8 heteroatoms. The van der Waals surface area contributed by atoms with Crippen molar-refractivity contribution in [3.05, 3.63) is 82.8 Å². The Labute approximate surface area is 197 Å². The third kappa shape index (κ3) is 5.09. The van der Waals surface area contributed by atoms with Gasteiger partial charge in [-0.2, -0.15) is 5.10 Å². The van der Waals surface area contributed by atoms with Crippen LogP contribution in [0.25, 0.3) is 10.9 Å². The largest absolute Gasteiger partial charge is 0.495 e. The first-order valence-electron chi connectivity index (χ1n) is 10.8. The highest BCUT2D eigenvalue weighted by Crippen LogP contribution is 2.30. The van der Waals surface area contributed by atoms with Crippen LogP contribution in [0.15, 0.2) is 61.1 Å². The Morgan fingerprint density at radius 3 is 2.67 bits per heavy atom. The maximum atomic E-state index is 13.1. The van der Waals surface area contributed by atoms with Crippen molar-refractivity contribution in [3.63, 3.8) is 0 Å². The maximum Gasteiger partial charge on any atom is 0.253 e. The molecule has 0 bridgehead atoms. The molecule has 7 nitrogen and oxygen atoms in total. The summed E-state index contributed by atoms with van der Waals surface area (Å²) in [6, 6.07) is 13.3. The lowest BCUT2D eigenvalue weighted by Gasteiger charge is -2.15. The lowest BCUT2D eigenvalue weighted by atomic mass is 10.1. The summed E-state index contributed by atoms with van der Waals surface area (Å²) in [6.07, 6.45) is 6.04. The second-order valence-corrected chi connectivity index (χ2v) is 7.97. The Hall–Kier alpha value is -3.58. The molecular weight excluding hydrogens is 438 g/mol. The van der Waals surface area contributed by atoms with Gasteiger partial charge in [-0.15, -0.1) is 0 Å². The summed E-state index contributed by atoms with van der Waals surface area (Å²) in [6.45, 7) is 3.81. The highest BCUT2D eigenvalue weighted by Gasteiger charge is 2.17. The van der Waals surface area contributed by atoms with Crippen molar-refractivity contribution in [2.45, 2.75) is 26.4 Å². The van der Waals surface area contributed by atoms with Crippen molar-refractivity contribution in [1.29, 1.82) is 0 Å². The van der Waals surface area contributed by atoms with E-state index in [4.69, 9.17) is 16.3 Å². The fourth-order valence-electron chi connectivity index (χ4n) is 3.76. The van der Waals surface area contributed by atoms with Gasteiger partial charge in [0.25, 0.3) is 5.91 Å². The molecule has 0 saturated carbocycles. The van der Waals surface area contributed by atoms with Gasteiger partial charge in [-0.05, 0) is 60.9 Å². The van der Waals surface area contributed by atoms with Gasteiger partial charge in [-0.1, -0.05) is 17.7 Å². The molecule has 0 saturated heterocycles. The number of methoxy groups -OCH3 is 1. The number of aryl methyl sites for hydroxylation is 1. The molecule has 0 aliphatic carbocycles. The molecule has 0 aliphatic rings. The molecule has 0 unspecified atom stereocenters. The van der Waals surface area contributed by atoms with E-state index >= 15 is 0 Å². The standard InChI is InChI=1S/C25H26ClN5O2/c1-3-31-22-6-5-19(25(32)28-13-10-17-8-11-27-12-9-17)24(20(22)16-30-31)29-15-18-4-7-23(33-2)21(26)14-18/h4-9,11-12,14,16,29H,3,10,13,15H2,1-2H3,(H,28,32). The van der Waals surface area contributed by atoms with Gasteiger partial charge >= 0.3 is 0 Å². The molecule has 1 amide bonds. The van der Waals surface area contributed by atoms with E-state index in [1.807, 2.05) is 54.1 Å². The predicted octanol–water partition coefficient (Wildman–Crippen LogP) is 4.70. The van der Waals surface area contributed by atoms with Crippen molar-refractivity contribution < 1.29 is 9.53 Å². The summed E-state index contributed by atoms with van der Waals surface area (Å²) in [5.74, 6) is 0.492. The summed E-state index contributed by atoms with van der Waals surface area (Å²) in [5.41, 5.74) is 4.40. The number of benzene rings is 2. The van der Waals surface area contributed by atoms with Crippen molar-refractivity contribution in [2.24, 2.45) is 0 Å². The molecule has 2 aromatic carbocycles. The van der Waals surface area contributed by atoms with Crippen LogP contribution in [0.1, 0.15) is 28.4 Å². The Bertz CT molecular complexity index is 1260. The number of ether oxygens (including phenoxy) is 1. The molecule has 0 spiro atoms. The molecule has 33 heavy (non-hydrogen) atoms. The Morgan fingerprint density at radius 2 is 1.94 bits per heavy atom. The van der Waals surface area contributed by atoms with Crippen molar-refractivity contribution in [1.82, 2.24) is 20.1 Å². The lowest BCUT2D eigenvalue weighted by molar-refractivity contribution is 0.0955. The van der Waals surface area contributed by atoms with Crippen LogP contribution in [0.3, 0.4) is 0 Å². The topological polar surface area (TPSA) is 81.1 Å². The number of pyridine rings is 1. The van der Waals surface area contributed by atoms with Gasteiger partial charge in [0.2, 0.25) is 0 Å². The van der Waals surface area contributed by atoms with E-state index in [0.29, 0.717) is 29.4 Å². The number of nitrogens with zero attached hydrogens (tertiary/aromatic N) is 3. The quantitative estimate of drug-likeness (QED) is 0.376. The molecule has 2 aromatic heterocycles. The van der Waals surface area contributed by atoms with Crippen molar-refractivity contribution >= 4 is 34.1 Å². The number of aromatic nitrogens is 3. The van der Waals surface area contributed by atoms with E-state index in [0.717, 1.165) is 40.7 Å². The second kappa shape index (κ2) is 10.4. The van der Waals surface area contributed by atoms with Gasteiger partial charge in [0.15, 0.2) is 0 Å². The first-order valence-corrected chi connectivity index (χ1v) is 11.2. The minimum atomic E-state index is -0.134. The number of fused-ring (bicyclic) bond motifs is 1. The zero-order chi connectivity index (χ0) is 23.2.